The van der Waals surface area contributed by atoms with Gasteiger partial charge in [-0.3, -0.25) is 15.2 Å². The lowest BCUT2D eigenvalue weighted by Crippen LogP contribution is -2.80. The van der Waals surface area contributed by atoms with Gasteiger partial charge in [0, 0.05) is 6.61 Å². The van der Waals surface area contributed by atoms with Crippen LogP contribution in [0.25, 0.3) is 0 Å². The maximum absolute atomic E-state index is 11.4. The second-order valence-corrected chi connectivity index (χ2v) is 8.62. The van der Waals surface area contributed by atoms with Crippen molar-refractivity contribution < 1.29 is 55.4 Å². The molecule has 21 heteroatoms. The number of nitrogens with zero attached hydrogens (tertiary/aromatic N) is 4. The Morgan fingerprint density at radius 2 is 2.03 bits per heavy atom. The van der Waals surface area contributed by atoms with Crippen LogP contribution in [0.3, 0.4) is 0 Å². The van der Waals surface area contributed by atoms with Crippen LogP contribution < -0.4 is 16.2 Å². The van der Waals surface area contributed by atoms with Gasteiger partial charge in [0.2, 0.25) is 22.1 Å². The summed E-state index contributed by atoms with van der Waals surface area (Å²) in [6.45, 7) is -1.78. The number of nitrogens with one attached hydrogen (secondary N) is 2. The van der Waals surface area contributed by atoms with Crippen LogP contribution in [-0.4, -0.2) is 112 Å². The number of nitrogens with two attached hydrogens (primary N) is 1. The van der Waals surface area contributed by atoms with E-state index in [4.69, 9.17) is 15.7 Å². The molecule has 2 saturated heterocycles. The van der Waals surface area contributed by atoms with Crippen molar-refractivity contribution in [2.45, 2.75) is 29.6 Å². The zero-order chi connectivity index (χ0) is 23.6. The Morgan fingerprint density at radius 3 is 2.58 bits per heavy atom. The van der Waals surface area contributed by atoms with Crippen LogP contribution in [0.1, 0.15) is 0 Å². The van der Waals surface area contributed by atoms with Gasteiger partial charge in [0.15, 0.2) is 23.8 Å². The van der Waals surface area contributed by atoms with E-state index < -0.39 is 81.5 Å². The molecule has 4 atom stereocenters. The Morgan fingerprint density at radius 1 is 1.42 bits per heavy atom. The predicted molar refractivity (Wildman–Crippen MR) is 89.8 cm³/mol. The number of aliphatic hydroxyl groups is 2. The summed E-state index contributed by atoms with van der Waals surface area (Å²) in [5, 5.41) is 53.7. The highest BCUT2D eigenvalue weighted by Crippen LogP contribution is 2.47. The molecule has 0 aromatic rings. The quantitative estimate of drug-likeness (QED) is 0.0816. The molecule has 0 amide bonds. The van der Waals surface area contributed by atoms with Crippen LogP contribution >= 0.6 is 0 Å². The van der Waals surface area contributed by atoms with E-state index in [2.05, 4.69) is 23.6 Å². The fraction of sp³-hybridized carbons (Fsp3) is 0.700. The lowest BCUT2D eigenvalue weighted by molar-refractivity contribution is -0.270. The van der Waals surface area contributed by atoms with Crippen molar-refractivity contribution in [3.05, 3.63) is 0 Å². The fourth-order valence-electron chi connectivity index (χ4n) is 3.68. The first-order valence-electron chi connectivity index (χ1n) is 7.91. The van der Waals surface area contributed by atoms with Gasteiger partial charge in [-0.1, -0.05) is 0 Å². The fourth-order valence-corrected chi connectivity index (χ4v) is 4.40. The van der Waals surface area contributed by atoms with Crippen LogP contribution in [0.2, 0.25) is 0 Å². The molecule has 31 heavy (non-hydrogen) atoms. The Balaban J connectivity index is 2.00. The maximum atomic E-state index is 11.4. The second kappa shape index (κ2) is 6.99. The standard InChI is InChI=1S/C10H17N7O12S2/c11-6-13-5-3(2-28-8(18)15-30(22,23)24)17(21)7(12)16-1-4(29-31(25,26)27)10(19,20)9(5,16)14-6/h3-5,12,19-21H,1-2H2,(H,15,18)(H3,11,13,14)(H,22,23,24)(H,25,26,27)/p-2/t3-,4-,5-,9-/m0/s1. The lowest BCUT2D eigenvalue weighted by Gasteiger charge is -2.53. The molecule has 3 rings (SSSR count). The summed E-state index contributed by atoms with van der Waals surface area (Å²) in [5.74, 6) is -4.62. The van der Waals surface area contributed by atoms with Gasteiger partial charge >= 0.3 is 10.4 Å². The molecular formula is C10H15N7O12S2-2. The average molecular weight is 489 g/mol. The van der Waals surface area contributed by atoms with Crippen molar-refractivity contribution in [1.29, 1.82) is 5.41 Å². The van der Waals surface area contributed by atoms with Crippen molar-refractivity contribution in [1.82, 2.24) is 15.3 Å². The van der Waals surface area contributed by atoms with Gasteiger partial charge < -0.3 is 40.6 Å². The molecule has 19 nitrogen and oxygen atoms in total. The SMILES string of the molecule is N=C1N(O)[C@@H](COC([O-])=NS(=O)(=O)[O-])[C@@H]2N=C(N)N[C@]23N1C[C@H](OS(=O)(=O)O)C3(O)O. The van der Waals surface area contributed by atoms with Crippen LogP contribution in [0.15, 0.2) is 9.39 Å². The third kappa shape index (κ3) is 3.80. The largest absolute Gasteiger partial charge is 0.729 e. The number of guanidine groups is 2. The second-order valence-electron chi connectivity index (χ2n) is 6.53. The van der Waals surface area contributed by atoms with Crippen molar-refractivity contribution in [2.75, 3.05) is 13.2 Å². The van der Waals surface area contributed by atoms with Crippen LogP contribution in [0.5, 0.6) is 0 Å². The highest BCUT2D eigenvalue weighted by atomic mass is 32.3. The third-order valence-electron chi connectivity index (χ3n) is 4.76. The summed E-state index contributed by atoms with van der Waals surface area (Å²) in [4.78, 5) is 4.57. The van der Waals surface area contributed by atoms with E-state index in [0.717, 1.165) is 4.90 Å². The van der Waals surface area contributed by atoms with E-state index in [9.17, 15) is 41.9 Å². The van der Waals surface area contributed by atoms with Gasteiger partial charge in [-0.2, -0.15) is 12.8 Å². The smallest absolute Gasteiger partial charge is 0.397 e. The maximum Gasteiger partial charge on any atom is 0.397 e. The molecule has 0 bridgehead atoms. The molecule has 0 radical (unpaired) electrons. The molecule has 176 valence electrons. The van der Waals surface area contributed by atoms with Crippen molar-refractivity contribution in [2.24, 2.45) is 15.1 Å². The molecule has 3 aliphatic rings. The van der Waals surface area contributed by atoms with Crippen LogP contribution in [0.4, 0.5) is 0 Å². The van der Waals surface area contributed by atoms with E-state index in [1.165, 1.54) is 0 Å². The highest BCUT2D eigenvalue weighted by molar-refractivity contribution is 7.84. The molecule has 3 aliphatic heterocycles. The number of ether oxygens (including phenoxy) is 1. The number of aliphatic imine (C=N–C) groups is 1. The van der Waals surface area contributed by atoms with E-state index in [1.54, 1.807) is 0 Å². The van der Waals surface area contributed by atoms with Gasteiger partial charge in [0.05, 0.1) is 12.6 Å². The summed E-state index contributed by atoms with van der Waals surface area (Å²) < 4.78 is 73.5. The number of hydrogen-bond donors (Lipinski definition) is 7. The minimum absolute atomic E-state index is 0.136. The first-order valence-corrected chi connectivity index (χ1v) is 10.6. The van der Waals surface area contributed by atoms with E-state index in [-0.39, 0.29) is 5.06 Å². The van der Waals surface area contributed by atoms with E-state index >= 15 is 0 Å². The molecule has 0 unspecified atom stereocenters. The monoisotopic (exact) mass is 489 g/mol. The summed E-state index contributed by atoms with van der Waals surface area (Å²) in [5.41, 5.74) is 3.24. The van der Waals surface area contributed by atoms with E-state index in [0.29, 0.717) is 0 Å². The number of hydroxylamine groups is 2. The minimum atomic E-state index is -5.35. The summed E-state index contributed by atoms with van der Waals surface area (Å²) in [7, 11) is -10.6. The van der Waals surface area contributed by atoms with Gasteiger partial charge in [0.1, 0.15) is 6.04 Å². The molecule has 1 spiro atoms. The van der Waals surface area contributed by atoms with Gasteiger partial charge in [0.25, 0.3) is 0 Å². The zero-order valence-electron chi connectivity index (χ0n) is 14.9. The number of hydrogen-bond acceptors (Lipinski definition) is 15. The van der Waals surface area contributed by atoms with Crippen molar-refractivity contribution in [3.8, 4) is 0 Å². The van der Waals surface area contributed by atoms with Crippen LogP contribution in [0, 0.1) is 5.41 Å². The molecule has 0 saturated carbocycles. The zero-order valence-corrected chi connectivity index (χ0v) is 16.5. The highest BCUT2D eigenvalue weighted by Gasteiger charge is 2.75. The summed E-state index contributed by atoms with van der Waals surface area (Å²) in [6, 6.07) is -3.26. The predicted octanol–water partition coefficient (Wildman–Crippen LogP) is -6.65. The molecular weight excluding hydrogens is 474 g/mol. The Kier molecular flexibility index (Phi) is 5.22. The first-order chi connectivity index (χ1) is 14.0. The Hall–Kier alpha value is -2.53. The molecule has 0 aromatic heterocycles. The van der Waals surface area contributed by atoms with Gasteiger partial charge in [-0.25, -0.2) is 22.7 Å². The summed E-state index contributed by atoms with van der Waals surface area (Å²) in [6.07, 6.45) is -3.98. The molecule has 0 aromatic carbocycles. The average Bonchev–Trinajstić information content (AvgIpc) is 3.02. The summed E-state index contributed by atoms with van der Waals surface area (Å²) >= 11 is 0. The Bertz CT molecular complexity index is 1060. The topological polar surface area (TPSA) is 307 Å². The van der Waals surface area contributed by atoms with E-state index in [1.807, 2.05) is 0 Å². The number of rotatable bonds is 5. The van der Waals surface area contributed by atoms with Crippen LogP contribution in [-0.2, 0) is 29.6 Å². The minimum Gasteiger partial charge on any atom is -0.729 e. The van der Waals surface area contributed by atoms with Gasteiger partial charge in [-0.05, 0) is 0 Å². The van der Waals surface area contributed by atoms with Gasteiger partial charge in [-0.15, -0.1) is 0 Å². The molecule has 8 N–H and O–H groups in total. The molecule has 3 heterocycles. The lowest BCUT2D eigenvalue weighted by atomic mass is 9.85. The normalized spacial score (nSPS) is 32.9. The molecule has 2 fully saturated rings. The molecule has 0 aliphatic carbocycles. The third-order valence-corrected chi connectivity index (χ3v) is 5.61. The Labute approximate surface area is 173 Å². The van der Waals surface area contributed by atoms with Crippen molar-refractivity contribution in [3.63, 3.8) is 0 Å². The van der Waals surface area contributed by atoms with Crippen molar-refractivity contribution >= 4 is 38.7 Å². The first kappa shape index (κ1) is 23.1.